The number of carbonyl (C=O) groups is 1. The van der Waals surface area contributed by atoms with Gasteiger partial charge in [0.15, 0.2) is 0 Å². The third kappa shape index (κ3) is 4.97. The Morgan fingerprint density at radius 2 is 1.92 bits per heavy atom. The van der Waals surface area contributed by atoms with Gasteiger partial charge in [-0.3, -0.25) is 4.79 Å². The van der Waals surface area contributed by atoms with Gasteiger partial charge in [-0.25, -0.2) is 0 Å². The van der Waals surface area contributed by atoms with Gasteiger partial charge in [0.1, 0.15) is 12.4 Å². The fraction of sp³-hybridized carbons (Fsp3) is 0.424. The summed E-state index contributed by atoms with van der Waals surface area (Å²) in [6.45, 7) is 6.96. The number of methoxy groups -OCH3 is 1. The Hall–Kier alpha value is -2.82. The standard InChI is InChI=1S/C33H37ClO4/c1-32(2,3)30(37-4)27-17-21(10-13-26(27)23-7-5-9-24(34)18-23)20-38-25-12-11-22-8-6-15-33(29(22)19-25)16-14-28(33)31(35)36/h5,7,9-13,17-19,28,30H,6,8,14-16,20H2,1-4H3,(H,35,36). The fourth-order valence-corrected chi connectivity index (χ4v) is 6.82. The molecule has 0 aromatic heterocycles. The molecule has 0 aliphatic heterocycles. The lowest BCUT2D eigenvalue weighted by atomic mass is 9.52. The summed E-state index contributed by atoms with van der Waals surface area (Å²) in [5.41, 5.74) is 6.42. The number of aliphatic carboxylic acids is 1. The van der Waals surface area contributed by atoms with E-state index in [9.17, 15) is 9.90 Å². The van der Waals surface area contributed by atoms with Gasteiger partial charge in [-0.2, -0.15) is 0 Å². The van der Waals surface area contributed by atoms with Gasteiger partial charge in [-0.05, 0) is 101 Å². The lowest BCUT2D eigenvalue weighted by molar-refractivity contribution is -0.150. The van der Waals surface area contributed by atoms with Crippen LogP contribution in [0.4, 0.5) is 0 Å². The third-order valence-corrected chi connectivity index (χ3v) is 8.73. The van der Waals surface area contributed by atoms with Crippen molar-refractivity contribution < 1.29 is 19.4 Å². The quantitative estimate of drug-likeness (QED) is 0.332. The number of carboxylic acid groups (broad SMARTS) is 1. The van der Waals surface area contributed by atoms with Gasteiger partial charge in [0, 0.05) is 17.5 Å². The Bertz CT molecular complexity index is 1340. The van der Waals surface area contributed by atoms with Gasteiger partial charge in [0.25, 0.3) is 0 Å². The van der Waals surface area contributed by atoms with E-state index >= 15 is 0 Å². The molecule has 4 nitrogen and oxygen atoms in total. The molecule has 1 spiro atoms. The van der Waals surface area contributed by atoms with Crippen molar-refractivity contribution in [1.29, 1.82) is 0 Å². The van der Waals surface area contributed by atoms with Crippen molar-refractivity contribution >= 4 is 17.6 Å². The second kappa shape index (κ2) is 10.4. The molecule has 3 atom stereocenters. The molecule has 5 rings (SSSR count). The minimum absolute atomic E-state index is 0.113. The molecule has 0 bridgehead atoms. The number of hydrogen-bond donors (Lipinski definition) is 1. The molecule has 0 heterocycles. The minimum atomic E-state index is -0.672. The number of carboxylic acids is 1. The van der Waals surface area contributed by atoms with E-state index in [0.29, 0.717) is 11.6 Å². The van der Waals surface area contributed by atoms with Crippen molar-refractivity contribution in [3.8, 4) is 16.9 Å². The predicted octanol–water partition coefficient (Wildman–Crippen LogP) is 8.39. The minimum Gasteiger partial charge on any atom is -0.489 e. The fourth-order valence-electron chi connectivity index (χ4n) is 6.63. The number of ether oxygens (including phenoxy) is 2. The third-order valence-electron chi connectivity index (χ3n) is 8.49. The van der Waals surface area contributed by atoms with Crippen molar-refractivity contribution in [3.63, 3.8) is 0 Å². The maximum Gasteiger partial charge on any atom is 0.307 e. The van der Waals surface area contributed by atoms with Crippen molar-refractivity contribution in [3.05, 3.63) is 87.9 Å². The monoisotopic (exact) mass is 532 g/mol. The molecule has 38 heavy (non-hydrogen) atoms. The highest BCUT2D eigenvalue weighted by Crippen LogP contribution is 2.55. The van der Waals surface area contributed by atoms with Crippen LogP contribution in [0.15, 0.2) is 60.7 Å². The van der Waals surface area contributed by atoms with E-state index in [-0.39, 0.29) is 22.9 Å². The van der Waals surface area contributed by atoms with Crippen LogP contribution in [0.2, 0.25) is 5.02 Å². The summed E-state index contributed by atoms with van der Waals surface area (Å²) >= 11 is 6.33. The van der Waals surface area contributed by atoms with E-state index in [1.165, 1.54) is 11.1 Å². The molecule has 1 fully saturated rings. The second-order valence-electron chi connectivity index (χ2n) is 12.0. The zero-order valence-electron chi connectivity index (χ0n) is 22.7. The summed E-state index contributed by atoms with van der Waals surface area (Å²) in [5, 5.41) is 10.5. The van der Waals surface area contributed by atoms with Crippen LogP contribution in [0.3, 0.4) is 0 Å². The molecule has 2 aliphatic carbocycles. The number of rotatable bonds is 7. The van der Waals surface area contributed by atoms with Gasteiger partial charge >= 0.3 is 5.97 Å². The predicted molar refractivity (Wildman–Crippen MR) is 152 cm³/mol. The van der Waals surface area contributed by atoms with E-state index in [1.54, 1.807) is 7.11 Å². The van der Waals surface area contributed by atoms with Gasteiger partial charge in [-0.15, -0.1) is 0 Å². The molecule has 1 N–H and O–H groups in total. The first kappa shape index (κ1) is 26.8. The molecule has 3 aromatic rings. The second-order valence-corrected chi connectivity index (χ2v) is 12.4. The van der Waals surface area contributed by atoms with Crippen molar-refractivity contribution in [1.82, 2.24) is 0 Å². The molecule has 5 heteroatoms. The average molecular weight is 533 g/mol. The molecule has 3 unspecified atom stereocenters. The number of hydrogen-bond acceptors (Lipinski definition) is 3. The van der Waals surface area contributed by atoms with Gasteiger partial charge in [0.05, 0.1) is 12.0 Å². The van der Waals surface area contributed by atoms with Crippen LogP contribution < -0.4 is 4.74 Å². The van der Waals surface area contributed by atoms with Gasteiger partial charge in [-0.1, -0.05) is 62.7 Å². The highest BCUT2D eigenvalue weighted by molar-refractivity contribution is 6.30. The summed E-state index contributed by atoms with van der Waals surface area (Å²) in [7, 11) is 1.76. The highest BCUT2D eigenvalue weighted by atomic mass is 35.5. The molecule has 1 saturated carbocycles. The number of halogens is 1. The molecule has 0 radical (unpaired) electrons. The van der Waals surface area contributed by atoms with Crippen LogP contribution in [0.5, 0.6) is 5.75 Å². The van der Waals surface area contributed by atoms with E-state index < -0.39 is 5.97 Å². The normalized spacial score (nSPS) is 21.4. The Balaban J connectivity index is 1.44. The molecule has 3 aromatic carbocycles. The SMILES string of the molecule is COC(c1cc(COc2ccc3c(c2)C2(CCC3)CCC2C(=O)O)ccc1-c1cccc(Cl)c1)C(C)(C)C. The summed E-state index contributed by atoms with van der Waals surface area (Å²) in [4.78, 5) is 11.9. The number of aryl methyl sites for hydroxylation is 1. The van der Waals surface area contributed by atoms with Crippen molar-refractivity contribution in [2.45, 2.75) is 71.0 Å². The highest BCUT2D eigenvalue weighted by Gasteiger charge is 2.53. The maximum absolute atomic E-state index is 11.9. The smallest absolute Gasteiger partial charge is 0.307 e. The van der Waals surface area contributed by atoms with Crippen LogP contribution in [0.1, 0.15) is 74.8 Å². The van der Waals surface area contributed by atoms with E-state index in [1.807, 2.05) is 24.3 Å². The first-order valence-corrected chi connectivity index (χ1v) is 13.9. The molecular weight excluding hydrogens is 496 g/mol. The van der Waals surface area contributed by atoms with Crippen LogP contribution in [-0.2, 0) is 28.0 Å². The number of benzene rings is 3. The van der Waals surface area contributed by atoms with Gasteiger partial charge < -0.3 is 14.6 Å². The summed E-state index contributed by atoms with van der Waals surface area (Å²) in [6.07, 6.45) is 4.58. The van der Waals surface area contributed by atoms with Crippen molar-refractivity contribution in [2.24, 2.45) is 11.3 Å². The van der Waals surface area contributed by atoms with E-state index in [4.69, 9.17) is 21.1 Å². The van der Waals surface area contributed by atoms with E-state index in [2.05, 4.69) is 57.2 Å². The van der Waals surface area contributed by atoms with Gasteiger partial charge in [0.2, 0.25) is 0 Å². The summed E-state index contributed by atoms with van der Waals surface area (Å²) in [5.74, 6) is -0.170. The molecule has 0 amide bonds. The first-order valence-electron chi connectivity index (χ1n) is 13.5. The van der Waals surface area contributed by atoms with Crippen molar-refractivity contribution in [2.75, 3.05) is 7.11 Å². The van der Waals surface area contributed by atoms with Crippen LogP contribution >= 0.6 is 11.6 Å². The Morgan fingerprint density at radius 3 is 2.58 bits per heavy atom. The summed E-state index contributed by atoms with van der Waals surface area (Å²) in [6, 6.07) is 20.6. The largest absolute Gasteiger partial charge is 0.489 e. The number of fused-ring (bicyclic) bond motifs is 2. The molecule has 2 aliphatic rings. The zero-order chi connectivity index (χ0) is 27.1. The molecular formula is C33H37ClO4. The lowest BCUT2D eigenvalue weighted by Gasteiger charge is -2.51. The molecule has 0 saturated heterocycles. The average Bonchev–Trinajstić information content (AvgIpc) is 2.85. The summed E-state index contributed by atoms with van der Waals surface area (Å²) < 4.78 is 12.3. The Labute approximate surface area is 230 Å². The topological polar surface area (TPSA) is 55.8 Å². The Morgan fingerprint density at radius 1 is 1.11 bits per heavy atom. The van der Waals surface area contributed by atoms with Crippen LogP contribution in [-0.4, -0.2) is 18.2 Å². The Kier molecular flexibility index (Phi) is 7.32. The van der Waals surface area contributed by atoms with E-state index in [0.717, 1.165) is 60.1 Å². The lowest BCUT2D eigenvalue weighted by Crippen LogP contribution is -2.50. The molecule has 200 valence electrons. The van der Waals surface area contributed by atoms with Crippen LogP contribution in [0.25, 0.3) is 11.1 Å². The van der Waals surface area contributed by atoms with Crippen LogP contribution in [0, 0.1) is 11.3 Å². The first-order chi connectivity index (χ1) is 18.1. The maximum atomic E-state index is 11.9. The zero-order valence-corrected chi connectivity index (χ0v) is 23.5.